The molecule has 31 heavy (non-hydrogen) atoms. The molecule has 1 aromatic carbocycles. The lowest BCUT2D eigenvalue weighted by molar-refractivity contribution is 0.0616. The monoisotopic (exact) mass is 467 g/mol. The molecule has 1 saturated heterocycles. The highest BCUT2D eigenvalue weighted by molar-refractivity contribution is 7.86. The summed E-state index contributed by atoms with van der Waals surface area (Å²) in [6, 6.07) is 5.75. The number of fused-ring (bicyclic) bond motifs is 1. The van der Waals surface area contributed by atoms with Gasteiger partial charge in [0.05, 0.1) is 17.1 Å². The van der Waals surface area contributed by atoms with E-state index >= 15 is 0 Å². The Hall–Kier alpha value is -1.98. The summed E-state index contributed by atoms with van der Waals surface area (Å²) in [6.45, 7) is 2.37. The van der Waals surface area contributed by atoms with Crippen molar-refractivity contribution in [3.63, 3.8) is 0 Å². The SMILES string of the molecule is CN(C)S(=O)(=O)N(C)Cc1nc(-c2cn(CC3CCOCC3)c3c(Cl)cccc23)no1. The Kier molecular flexibility index (Phi) is 6.36. The second-order valence-electron chi connectivity index (χ2n) is 7.94. The maximum Gasteiger partial charge on any atom is 0.281 e. The smallest absolute Gasteiger partial charge is 0.281 e. The molecule has 11 heteroatoms. The Balaban J connectivity index is 1.65. The maximum absolute atomic E-state index is 12.3. The normalized spacial score (nSPS) is 16.1. The number of ether oxygens (including phenoxy) is 1. The van der Waals surface area contributed by atoms with Crippen LogP contribution in [0.4, 0.5) is 0 Å². The van der Waals surface area contributed by atoms with E-state index in [9.17, 15) is 8.42 Å². The lowest BCUT2D eigenvalue weighted by Crippen LogP contribution is -2.36. The summed E-state index contributed by atoms with van der Waals surface area (Å²) in [4.78, 5) is 4.45. The van der Waals surface area contributed by atoms with Crippen molar-refractivity contribution in [3.8, 4) is 11.4 Å². The molecule has 168 valence electrons. The first-order valence-corrected chi connectivity index (χ1v) is 11.9. The number of hydrogen-bond donors (Lipinski definition) is 0. The van der Waals surface area contributed by atoms with Gasteiger partial charge in [-0.1, -0.05) is 28.9 Å². The van der Waals surface area contributed by atoms with Gasteiger partial charge in [-0.25, -0.2) is 0 Å². The van der Waals surface area contributed by atoms with Gasteiger partial charge in [0.15, 0.2) is 0 Å². The number of aromatic nitrogens is 3. The summed E-state index contributed by atoms with van der Waals surface area (Å²) in [5.74, 6) is 1.14. The minimum Gasteiger partial charge on any atom is -0.381 e. The Morgan fingerprint density at radius 2 is 1.97 bits per heavy atom. The average molecular weight is 468 g/mol. The largest absolute Gasteiger partial charge is 0.381 e. The highest BCUT2D eigenvalue weighted by atomic mass is 35.5. The molecule has 0 radical (unpaired) electrons. The Labute approximate surface area is 186 Å². The van der Waals surface area contributed by atoms with Crippen LogP contribution >= 0.6 is 11.6 Å². The van der Waals surface area contributed by atoms with Crippen LogP contribution < -0.4 is 0 Å². The topological polar surface area (TPSA) is 93.7 Å². The van der Waals surface area contributed by atoms with Crippen LogP contribution in [0.1, 0.15) is 18.7 Å². The molecule has 1 aliphatic rings. The number of hydrogen-bond acceptors (Lipinski definition) is 6. The molecule has 0 bridgehead atoms. The van der Waals surface area contributed by atoms with Crippen molar-refractivity contribution >= 4 is 32.7 Å². The molecule has 0 N–H and O–H groups in total. The fourth-order valence-corrected chi connectivity index (χ4v) is 4.94. The molecule has 4 rings (SSSR count). The lowest BCUT2D eigenvalue weighted by Gasteiger charge is -2.23. The predicted molar refractivity (Wildman–Crippen MR) is 118 cm³/mol. The van der Waals surface area contributed by atoms with Crippen molar-refractivity contribution in [1.29, 1.82) is 0 Å². The first-order chi connectivity index (χ1) is 14.8. The van der Waals surface area contributed by atoms with Crippen molar-refractivity contribution in [1.82, 2.24) is 23.3 Å². The van der Waals surface area contributed by atoms with Gasteiger partial charge in [0.25, 0.3) is 10.2 Å². The second-order valence-corrected chi connectivity index (χ2v) is 10.6. The molecule has 1 aliphatic heterocycles. The van der Waals surface area contributed by atoms with Gasteiger partial charge in [0.1, 0.15) is 0 Å². The third kappa shape index (κ3) is 4.49. The lowest BCUT2D eigenvalue weighted by atomic mass is 10.0. The first-order valence-electron chi connectivity index (χ1n) is 10.1. The zero-order valence-electron chi connectivity index (χ0n) is 17.8. The van der Waals surface area contributed by atoms with Crippen LogP contribution in [-0.2, 0) is 28.0 Å². The van der Waals surface area contributed by atoms with Gasteiger partial charge in [-0.3, -0.25) is 0 Å². The zero-order valence-corrected chi connectivity index (χ0v) is 19.4. The van der Waals surface area contributed by atoms with Crippen LogP contribution in [0.2, 0.25) is 5.02 Å². The van der Waals surface area contributed by atoms with Crippen molar-refractivity contribution in [2.24, 2.45) is 5.92 Å². The minimum absolute atomic E-state index is 0.0189. The summed E-state index contributed by atoms with van der Waals surface area (Å²) in [5, 5.41) is 5.70. The first kappa shape index (κ1) is 22.2. The zero-order chi connectivity index (χ0) is 22.2. The molecule has 0 spiro atoms. The van der Waals surface area contributed by atoms with Gasteiger partial charge in [-0.15, -0.1) is 0 Å². The van der Waals surface area contributed by atoms with Gasteiger partial charge < -0.3 is 13.8 Å². The molecule has 0 atom stereocenters. The molecular formula is C20H26ClN5O4S. The third-order valence-corrected chi connectivity index (χ3v) is 7.71. The van der Waals surface area contributed by atoms with E-state index in [2.05, 4.69) is 14.7 Å². The van der Waals surface area contributed by atoms with E-state index in [1.54, 1.807) is 0 Å². The van der Waals surface area contributed by atoms with Crippen LogP contribution in [0.25, 0.3) is 22.3 Å². The molecule has 1 fully saturated rings. The van der Waals surface area contributed by atoms with Crippen LogP contribution in [0.15, 0.2) is 28.9 Å². The molecular weight excluding hydrogens is 442 g/mol. The fourth-order valence-electron chi connectivity index (χ4n) is 3.82. The van der Waals surface area contributed by atoms with E-state index in [1.165, 1.54) is 21.1 Å². The van der Waals surface area contributed by atoms with Crippen molar-refractivity contribution < 1.29 is 17.7 Å². The van der Waals surface area contributed by atoms with Crippen molar-refractivity contribution in [2.45, 2.75) is 25.9 Å². The Bertz CT molecular complexity index is 1170. The van der Waals surface area contributed by atoms with Crippen LogP contribution in [0.5, 0.6) is 0 Å². The standard InChI is InChI=1S/C20H26ClN5O4S/c1-24(2)31(27,28)25(3)13-18-22-20(23-30-18)16-12-26(11-14-7-9-29-10-8-14)19-15(16)5-4-6-17(19)21/h4-6,12,14H,7-11,13H2,1-3H3. The average Bonchev–Trinajstić information content (AvgIpc) is 3.34. The van der Waals surface area contributed by atoms with E-state index < -0.39 is 10.2 Å². The van der Waals surface area contributed by atoms with Gasteiger partial charge >= 0.3 is 0 Å². The minimum atomic E-state index is -3.58. The molecule has 0 saturated carbocycles. The van der Waals surface area contributed by atoms with Crippen LogP contribution in [0.3, 0.4) is 0 Å². The van der Waals surface area contributed by atoms with E-state index in [0.29, 0.717) is 16.8 Å². The summed E-state index contributed by atoms with van der Waals surface area (Å²) in [7, 11) is 0.844. The van der Waals surface area contributed by atoms with E-state index in [1.807, 2.05) is 24.4 Å². The van der Waals surface area contributed by atoms with Crippen LogP contribution in [0, 0.1) is 5.92 Å². The van der Waals surface area contributed by atoms with E-state index in [4.69, 9.17) is 20.9 Å². The number of para-hydroxylation sites is 1. The summed E-state index contributed by atoms with van der Waals surface area (Å²) in [5.41, 5.74) is 1.74. The second kappa shape index (κ2) is 8.87. The number of benzene rings is 1. The quantitative estimate of drug-likeness (QED) is 0.530. The molecule has 3 heterocycles. The van der Waals surface area contributed by atoms with Gasteiger partial charge in [0, 0.05) is 58.0 Å². The van der Waals surface area contributed by atoms with Gasteiger partial charge in [-0.05, 0) is 24.8 Å². The van der Waals surface area contributed by atoms with Crippen molar-refractivity contribution in [2.75, 3.05) is 34.4 Å². The Morgan fingerprint density at radius 3 is 2.68 bits per heavy atom. The molecule has 9 nitrogen and oxygen atoms in total. The molecule has 3 aromatic rings. The predicted octanol–water partition coefficient (Wildman–Crippen LogP) is 3.01. The maximum atomic E-state index is 12.3. The van der Waals surface area contributed by atoms with Gasteiger partial charge in [-0.2, -0.15) is 22.0 Å². The number of rotatable bonds is 7. The summed E-state index contributed by atoms with van der Waals surface area (Å²) >= 11 is 6.55. The fraction of sp³-hybridized carbons (Fsp3) is 0.500. The molecule has 0 aliphatic carbocycles. The van der Waals surface area contributed by atoms with Gasteiger partial charge in [0.2, 0.25) is 11.7 Å². The third-order valence-electron chi connectivity index (χ3n) is 5.57. The van der Waals surface area contributed by atoms with Crippen LogP contribution in [-0.4, -0.2) is 66.1 Å². The summed E-state index contributed by atoms with van der Waals surface area (Å²) in [6.07, 6.45) is 4.03. The molecule has 0 unspecified atom stereocenters. The van der Waals surface area contributed by atoms with E-state index in [0.717, 1.165) is 57.7 Å². The molecule has 0 amide bonds. The summed E-state index contributed by atoms with van der Waals surface area (Å²) < 4.78 is 39.8. The number of halogens is 1. The Morgan fingerprint density at radius 1 is 1.23 bits per heavy atom. The van der Waals surface area contributed by atoms with Crippen molar-refractivity contribution in [3.05, 3.63) is 35.3 Å². The highest BCUT2D eigenvalue weighted by Gasteiger charge is 2.24. The molecule has 2 aromatic heterocycles. The number of nitrogens with zero attached hydrogens (tertiary/aromatic N) is 5. The highest BCUT2D eigenvalue weighted by Crippen LogP contribution is 2.34. The van der Waals surface area contributed by atoms with E-state index in [-0.39, 0.29) is 12.4 Å².